The predicted octanol–water partition coefficient (Wildman–Crippen LogP) is 6.88. The van der Waals surface area contributed by atoms with Crippen LogP contribution < -0.4 is 10.1 Å². The highest BCUT2D eigenvalue weighted by Crippen LogP contribution is 2.33. The Hall–Kier alpha value is -4.36. The van der Waals surface area contributed by atoms with Gasteiger partial charge in [-0.3, -0.25) is 14.5 Å². The lowest BCUT2D eigenvalue weighted by Crippen LogP contribution is -2.45. The summed E-state index contributed by atoms with van der Waals surface area (Å²) in [5.74, 6) is 0.514. The molecule has 0 radical (unpaired) electrons. The number of benzene rings is 4. The molecule has 6 nitrogen and oxygen atoms in total. The highest BCUT2D eigenvalue weighted by atomic mass is 32.2. The first-order valence-corrected chi connectivity index (χ1v) is 14.1. The highest BCUT2D eigenvalue weighted by Gasteiger charge is 2.36. The van der Waals surface area contributed by atoms with Crippen LogP contribution in [-0.2, 0) is 9.59 Å². The maximum absolute atomic E-state index is 13.6. The van der Waals surface area contributed by atoms with E-state index in [-0.39, 0.29) is 24.2 Å². The van der Waals surface area contributed by atoms with Crippen LogP contribution in [0.3, 0.4) is 0 Å². The topological polar surface area (TPSA) is 71.0 Å². The number of aliphatic imine (C=N–C) groups is 1. The molecule has 0 aromatic heterocycles. The van der Waals surface area contributed by atoms with Crippen LogP contribution in [0, 0.1) is 0 Å². The first kappa shape index (κ1) is 27.2. The fraction of sp³-hybridized carbons (Fsp3) is 0.182. The summed E-state index contributed by atoms with van der Waals surface area (Å²) < 4.78 is 5.28. The molecule has 1 N–H and O–H groups in total. The molecule has 4 aromatic carbocycles. The SMILES string of the molecule is COc1ccc(N=C2S[C@H](C(=O)Nc3ccccc3)CC(=O)N2CCC(c2ccccc2)c2ccccc2)cc1. The van der Waals surface area contributed by atoms with Crippen LogP contribution in [0.2, 0.25) is 0 Å². The molecule has 0 saturated carbocycles. The highest BCUT2D eigenvalue weighted by molar-refractivity contribution is 8.15. The van der Waals surface area contributed by atoms with Crippen LogP contribution in [0.15, 0.2) is 120 Å². The molecule has 1 aliphatic rings. The summed E-state index contributed by atoms with van der Waals surface area (Å²) >= 11 is 1.33. The Balaban J connectivity index is 1.41. The van der Waals surface area contributed by atoms with E-state index in [4.69, 9.17) is 9.73 Å². The Morgan fingerprint density at radius 2 is 1.48 bits per heavy atom. The van der Waals surface area contributed by atoms with Crippen LogP contribution >= 0.6 is 11.8 Å². The summed E-state index contributed by atoms with van der Waals surface area (Å²) in [6.07, 6.45) is 0.815. The molecule has 1 heterocycles. The van der Waals surface area contributed by atoms with Gasteiger partial charge in [-0.15, -0.1) is 0 Å². The Morgan fingerprint density at radius 3 is 2.05 bits per heavy atom. The molecule has 1 aliphatic heterocycles. The van der Waals surface area contributed by atoms with Gasteiger partial charge in [0.15, 0.2) is 5.17 Å². The molecule has 0 bridgehead atoms. The Kier molecular flexibility index (Phi) is 8.93. The van der Waals surface area contributed by atoms with Gasteiger partial charge in [0.2, 0.25) is 11.8 Å². The van der Waals surface area contributed by atoms with Gasteiger partial charge in [-0.2, -0.15) is 0 Å². The number of rotatable bonds is 9. The molecule has 5 rings (SSSR count). The van der Waals surface area contributed by atoms with Gasteiger partial charge in [0.1, 0.15) is 11.0 Å². The van der Waals surface area contributed by atoms with Crippen molar-refractivity contribution in [2.45, 2.75) is 24.0 Å². The van der Waals surface area contributed by atoms with E-state index in [1.165, 1.54) is 22.9 Å². The monoisotopic (exact) mass is 549 g/mol. The van der Waals surface area contributed by atoms with Crippen molar-refractivity contribution in [1.82, 2.24) is 4.90 Å². The third-order valence-electron chi connectivity index (χ3n) is 6.82. The van der Waals surface area contributed by atoms with Gasteiger partial charge in [-0.1, -0.05) is 90.6 Å². The molecule has 4 aromatic rings. The molecule has 0 aliphatic carbocycles. The fourth-order valence-corrected chi connectivity index (χ4v) is 5.85. The number of nitrogens with zero attached hydrogens (tertiary/aromatic N) is 2. The van der Waals surface area contributed by atoms with Crippen molar-refractivity contribution in [3.05, 3.63) is 126 Å². The summed E-state index contributed by atoms with van der Waals surface area (Å²) in [6.45, 7) is 0.475. The number of carbonyl (C=O) groups is 2. The first-order valence-electron chi connectivity index (χ1n) is 13.3. The van der Waals surface area contributed by atoms with E-state index in [2.05, 4.69) is 29.6 Å². The second-order valence-corrected chi connectivity index (χ2v) is 10.6. The zero-order valence-electron chi connectivity index (χ0n) is 22.3. The number of hydrogen-bond acceptors (Lipinski definition) is 5. The molecule has 0 spiro atoms. The lowest BCUT2D eigenvalue weighted by atomic mass is 9.88. The fourth-order valence-electron chi connectivity index (χ4n) is 4.73. The van der Waals surface area contributed by atoms with Gasteiger partial charge in [-0.05, 0) is 53.9 Å². The van der Waals surface area contributed by atoms with Crippen LogP contribution in [0.4, 0.5) is 11.4 Å². The normalized spacial score (nSPS) is 16.2. The molecule has 7 heteroatoms. The molecule has 2 amide bonds. The van der Waals surface area contributed by atoms with Crippen molar-refractivity contribution in [3.63, 3.8) is 0 Å². The number of methoxy groups -OCH3 is 1. The van der Waals surface area contributed by atoms with Crippen LogP contribution in [0.5, 0.6) is 5.75 Å². The molecule has 1 atom stereocenters. The van der Waals surface area contributed by atoms with Crippen molar-refractivity contribution in [2.75, 3.05) is 19.0 Å². The second-order valence-electron chi connectivity index (χ2n) is 9.47. The predicted molar refractivity (Wildman–Crippen MR) is 162 cm³/mol. The minimum Gasteiger partial charge on any atom is -0.497 e. The van der Waals surface area contributed by atoms with Gasteiger partial charge < -0.3 is 10.1 Å². The van der Waals surface area contributed by atoms with Crippen LogP contribution in [-0.4, -0.2) is 40.8 Å². The molecular weight excluding hydrogens is 518 g/mol. The number of ether oxygens (including phenoxy) is 1. The zero-order valence-corrected chi connectivity index (χ0v) is 23.1. The first-order chi connectivity index (χ1) is 19.6. The number of carbonyl (C=O) groups excluding carboxylic acids is 2. The minimum absolute atomic E-state index is 0.103. The van der Waals surface area contributed by atoms with E-state index in [1.54, 1.807) is 12.0 Å². The van der Waals surface area contributed by atoms with Crippen LogP contribution in [0.25, 0.3) is 0 Å². The van der Waals surface area contributed by atoms with E-state index in [1.807, 2.05) is 91.0 Å². The van der Waals surface area contributed by atoms with Gasteiger partial charge in [0.25, 0.3) is 0 Å². The number of thioether (sulfide) groups is 1. The number of hydrogen-bond donors (Lipinski definition) is 1. The lowest BCUT2D eigenvalue weighted by molar-refractivity contribution is -0.129. The Bertz CT molecular complexity index is 1410. The lowest BCUT2D eigenvalue weighted by Gasteiger charge is -2.33. The smallest absolute Gasteiger partial charge is 0.238 e. The molecule has 0 unspecified atom stereocenters. The number of para-hydroxylation sites is 1. The van der Waals surface area contributed by atoms with E-state index < -0.39 is 5.25 Å². The van der Waals surface area contributed by atoms with Crippen molar-refractivity contribution < 1.29 is 14.3 Å². The van der Waals surface area contributed by atoms with Crippen molar-refractivity contribution in [2.24, 2.45) is 4.99 Å². The van der Waals surface area contributed by atoms with Crippen molar-refractivity contribution >= 4 is 40.1 Å². The molecule has 40 heavy (non-hydrogen) atoms. The summed E-state index contributed by atoms with van der Waals surface area (Å²) in [7, 11) is 1.62. The molecular formula is C33H31N3O3S. The average molecular weight is 550 g/mol. The van der Waals surface area contributed by atoms with Gasteiger partial charge in [0, 0.05) is 24.6 Å². The van der Waals surface area contributed by atoms with Gasteiger partial charge >= 0.3 is 0 Å². The Morgan fingerprint density at radius 1 is 0.900 bits per heavy atom. The third-order valence-corrected chi connectivity index (χ3v) is 8.00. The minimum atomic E-state index is -0.583. The maximum Gasteiger partial charge on any atom is 0.238 e. The molecule has 1 fully saturated rings. The zero-order chi connectivity index (χ0) is 27.7. The quantitative estimate of drug-likeness (QED) is 0.247. The van der Waals surface area contributed by atoms with E-state index in [9.17, 15) is 9.59 Å². The van der Waals surface area contributed by atoms with E-state index >= 15 is 0 Å². The number of nitrogens with one attached hydrogen (secondary N) is 1. The number of amidine groups is 1. The van der Waals surface area contributed by atoms with Crippen LogP contribution in [0.1, 0.15) is 29.9 Å². The summed E-state index contributed by atoms with van der Waals surface area (Å²) in [5, 5.41) is 2.88. The van der Waals surface area contributed by atoms with E-state index in [0.717, 1.165) is 5.75 Å². The van der Waals surface area contributed by atoms with Gasteiger partial charge in [0.05, 0.1) is 12.8 Å². The largest absolute Gasteiger partial charge is 0.497 e. The van der Waals surface area contributed by atoms with Crippen molar-refractivity contribution in [1.29, 1.82) is 0 Å². The van der Waals surface area contributed by atoms with Crippen molar-refractivity contribution in [3.8, 4) is 5.75 Å². The maximum atomic E-state index is 13.6. The Labute approximate surface area is 239 Å². The second kappa shape index (κ2) is 13.1. The number of anilines is 1. The number of amides is 2. The summed E-state index contributed by atoms with van der Waals surface area (Å²) in [6, 6.07) is 37.3. The molecule has 202 valence electrons. The standard InChI is InChI=1S/C33H31N3O3S/c1-39-28-19-17-27(18-20-28)35-33-36(31(37)23-30(40-33)32(38)34-26-15-9-4-10-16-26)22-21-29(24-11-5-2-6-12-24)25-13-7-3-8-14-25/h2-20,29-30H,21-23H2,1H3,(H,34,38)/t30-/m0/s1. The molecule has 1 saturated heterocycles. The van der Waals surface area contributed by atoms with Gasteiger partial charge in [-0.25, -0.2) is 4.99 Å². The average Bonchev–Trinajstić information content (AvgIpc) is 3.00. The third kappa shape index (κ3) is 6.79. The summed E-state index contributed by atoms with van der Waals surface area (Å²) in [5.41, 5.74) is 3.78. The van der Waals surface area contributed by atoms with E-state index in [0.29, 0.717) is 29.5 Å². The summed E-state index contributed by atoms with van der Waals surface area (Å²) in [4.78, 5) is 33.3.